The van der Waals surface area contributed by atoms with Crippen LogP contribution in [0.5, 0.6) is 5.75 Å². The summed E-state index contributed by atoms with van der Waals surface area (Å²) in [7, 11) is 1.85. The number of nitrogens with one attached hydrogen (secondary N) is 1. The Balaban J connectivity index is 2.41. The van der Waals surface area contributed by atoms with Gasteiger partial charge in [-0.25, -0.2) is 4.39 Å². The first-order valence-corrected chi connectivity index (χ1v) is 6.66. The highest BCUT2D eigenvalue weighted by atomic mass is 19.1. The van der Waals surface area contributed by atoms with Crippen LogP contribution in [-0.2, 0) is 0 Å². The molecule has 1 unspecified atom stereocenters. The third-order valence-electron chi connectivity index (χ3n) is 3.22. The molecule has 106 valence electrons. The maximum Gasteiger partial charge on any atom is 0.137 e. The van der Waals surface area contributed by atoms with E-state index in [1.54, 1.807) is 24.5 Å². The zero-order valence-electron chi connectivity index (χ0n) is 12.0. The van der Waals surface area contributed by atoms with E-state index >= 15 is 0 Å². The van der Waals surface area contributed by atoms with E-state index in [2.05, 4.69) is 10.3 Å². The van der Waals surface area contributed by atoms with E-state index in [-0.39, 0.29) is 11.9 Å². The average Bonchev–Trinajstić information content (AvgIpc) is 2.44. The summed E-state index contributed by atoms with van der Waals surface area (Å²) in [5.41, 5.74) is 2.89. The molecule has 1 N–H and O–H groups in total. The second kappa shape index (κ2) is 6.48. The van der Waals surface area contributed by atoms with E-state index in [0.717, 1.165) is 22.4 Å². The molecule has 0 aliphatic carbocycles. The van der Waals surface area contributed by atoms with Crippen molar-refractivity contribution in [3.63, 3.8) is 0 Å². The molecule has 2 aromatic rings. The lowest BCUT2D eigenvalue weighted by Crippen LogP contribution is -2.19. The molecule has 1 heterocycles. The highest BCUT2D eigenvalue weighted by Gasteiger charge is 2.16. The Morgan fingerprint density at radius 3 is 2.80 bits per heavy atom. The Hall–Kier alpha value is -1.94. The molecule has 0 saturated carbocycles. The summed E-state index contributed by atoms with van der Waals surface area (Å²) in [6, 6.07) is 6.64. The van der Waals surface area contributed by atoms with E-state index in [4.69, 9.17) is 4.74 Å². The molecule has 1 aromatic carbocycles. The first-order chi connectivity index (χ1) is 9.65. The smallest absolute Gasteiger partial charge is 0.137 e. The number of halogens is 1. The average molecular weight is 274 g/mol. The van der Waals surface area contributed by atoms with Crippen molar-refractivity contribution in [3.05, 3.63) is 59.2 Å². The number of pyridine rings is 1. The van der Waals surface area contributed by atoms with E-state index in [9.17, 15) is 4.39 Å². The molecule has 1 aromatic heterocycles. The van der Waals surface area contributed by atoms with E-state index < -0.39 is 0 Å². The lowest BCUT2D eigenvalue weighted by atomic mass is 9.96. The molecule has 0 bridgehead atoms. The lowest BCUT2D eigenvalue weighted by molar-refractivity contribution is 0.338. The molecular formula is C16H19FN2O. The third-order valence-corrected chi connectivity index (χ3v) is 3.22. The Labute approximate surface area is 118 Å². The fourth-order valence-corrected chi connectivity index (χ4v) is 2.26. The van der Waals surface area contributed by atoms with Gasteiger partial charge in [0, 0.05) is 6.20 Å². The Kier molecular flexibility index (Phi) is 4.69. The predicted molar refractivity (Wildman–Crippen MR) is 77.4 cm³/mol. The first kappa shape index (κ1) is 14.5. The summed E-state index contributed by atoms with van der Waals surface area (Å²) in [6.07, 6.45) is 3.45. The minimum absolute atomic E-state index is 0.112. The molecule has 20 heavy (non-hydrogen) atoms. The number of aromatic nitrogens is 1. The zero-order valence-corrected chi connectivity index (χ0v) is 12.0. The molecule has 0 aliphatic rings. The van der Waals surface area contributed by atoms with Crippen LogP contribution in [0.1, 0.15) is 29.7 Å². The van der Waals surface area contributed by atoms with Crippen LogP contribution in [0, 0.1) is 12.7 Å². The second-order valence-electron chi connectivity index (χ2n) is 4.61. The van der Waals surface area contributed by atoms with Crippen LogP contribution in [0.3, 0.4) is 0 Å². The minimum Gasteiger partial charge on any atom is -0.492 e. The van der Waals surface area contributed by atoms with Crippen LogP contribution in [0.25, 0.3) is 0 Å². The van der Waals surface area contributed by atoms with Crippen molar-refractivity contribution in [1.29, 1.82) is 0 Å². The molecule has 0 spiro atoms. The van der Waals surface area contributed by atoms with Gasteiger partial charge in [0.15, 0.2) is 0 Å². The quantitative estimate of drug-likeness (QED) is 0.909. The van der Waals surface area contributed by atoms with Crippen molar-refractivity contribution < 1.29 is 9.13 Å². The van der Waals surface area contributed by atoms with Crippen molar-refractivity contribution in [2.75, 3.05) is 13.7 Å². The number of ether oxygens (including phenoxy) is 1. The Bertz CT molecular complexity index is 586. The van der Waals surface area contributed by atoms with Crippen LogP contribution in [-0.4, -0.2) is 18.6 Å². The number of hydrogen-bond donors (Lipinski definition) is 1. The largest absolute Gasteiger partial charge is 0.492 e. The summed E-state index contributed by atoms with van der Waals surface area (Å²) in [4.78, 5) is 4.19. The molecule has 1 atom stereocenters. The number of hydrogen-bond acceptors (Lipinski definition) is 3. The number of aryl methyl sites for hydroxylation is 1. The maximum atomic E-state index is 13.5. The van der Waals surface area contributed by atoms with E-state index in [0.29, 0.717) is 6.61 Å². The van der Waals surface area contributed by atoms with Gasteiger partial charge in [-0.3, -0.25) is 4.98 Å². The van der Waals surface area contributed by atoms with Gasteiger partial charge >= 0.3 is 0 Å². The van der Waals surface area contributed by atoms with Crippen molar-refractivity contribution in [2.45, 2.75) is 19.9 Å². The van der Waals surface area contributed by atoms with Crippen molar-refractivity contribution in [1.82, 2.24) is 10.3 Å². The summed E-state index contributed by atoms with van der Waals surface area (Å²) >= 11 is 0. The van der Waals surface area contributed by atoms with Gasteiger partial charge in [0.25, 0.3) is 0 Å². The van der Waals surface area contributed by atoms with Crippen molar-refractivity contribution in [2.24, 2.45) is 0 Å². The maximum absolute atomic E-state index is 13.5. The fourth-order valence-electron chi connectivity index (χ4n) is 2.26. The standard InChI is InChI=1S/C16H19FN2O/c1-4-20-14-7-12(9-19-10-14)16(18-3)15-8-13(17)6-5-11(15)2/h5-10,16,18H,4H2,1-3H3. The lowest BCUT2D eigenvalue weighted by Gasteiger charge is -2.19. The number of nitrogens with zero attached hydrogens (tertiary/aromatic N) is 1. The van der Waals surface area contributed by atoms with Crippen molar-refractivity contribution >= 4 is 0 Å². The van der Waals surface area contributed by atoms with Gasteiger partial charge in [-0.2, -0.15) is 0 Å². The minimum atomic E-state index is -0.236. The molecule has 0 amide bonds. The molecule has 0 radical (unpaired) electrons. The Morgan fingerprint density at radius 1 is 1.30 bits per heavy atom. The summed E-state index contributed by atoms with van der Waals surface area (Å²) in [6.45, 7) is 4.49. The summed E-state index contributed by atoms with van der Waals surface area (Å²) < 4.78 is 19.0. The van der Waals surface area contributed by atoms with Crippen LogP contribution in [0.2, 0.25) is 0 Å². The molecular weight excluding hydrogens is 255 g/mol. The third kappa shape index (κ3) is 3.14. The van der Waals surface area contributed by atoms with Crippen LogP contribution in [0.4, 0.5) is 4.39 Å². The zero-order chi connectivity index (χ0) is 14.5. The monoisotopic (exact) mass is 274 g/mol. The molecule has 2 rings (SSSR count). The van der Waals surface area contributed by atoms with Gasteiger partial charge in [0.1, 0.15) is 11.6 Å². The van der Waals surface area contributed by atoms with Gasteiger partial charge in [0.05, 0.1) is 18.8 Å². The first-order valence-electron chi connectivity index (χ1n) is 6.66. The highest BCUT2D eigenvalue weighted by molar-refractivity contribution is 5.38. The van der Waals surface area contributed by atoms with Crippen LogP contribution < -0.4 is 10.1 Å². The van der Waals surface area contributed by atoms with Gasteiger partial charge < -0.3 is 10.1 Å². The van der Waals surface area contributed by atoms with E-state index in [1.165, 1.54) is 6.07 Å². The van der Waals surface area contributed by atoms with Crippen LogP contribution >= 0.6 is 0 Å². The van der Waals surface area contributed by atoms with Gasteiger partial charge in [-0.15, -0.1) is 0 Å². The molecule has 0 saturated heterocycles. The molecule has 4 heteroatoms. The van der Waals surface area contributed by atoms with Gasteiger partial charge in [0.2, 0.25) is 0 Å². The fraction of sp³-hybridized carbons (Fsp3) is 0.312. The van der Waals surface area contributed by atoms with Crippen LogP contribution in [0.15, 0.2) is 36.7 Å². The van der Waals surface area contributed by atoms with Crippen molar-refractivity contribution in [3.8, 4) is 5.75 Å². The normalized spacial score (nSPS) is 12.2. The second-order valence-corrected chi connectivity index (χ2v) is 4.61. The predicted octanol–water partition coefficient (Wildman–Crippen LogP) is 3.24. The highest BCUT2D eigenvalue weighted by Crippen LogP contribution is 2.27. The number of rotatable bonds is 5. The number of benzene rings is 1. The topological polar surface area (TPSA) is 34.1 Å². The van der Waals surface area contributed by atoms with Gasteiger partial charge in [-0.05, 0) is 55.8 Å². The molecule has 0 aliphatic heterocycles. The summed E-state index contributed by atoms with van der Waals surface area (Å²) in [5, 5.41) is 3.21. The SMILES string of the molecule is CCOc1cncc(C(NC)c2cc(F)ccc2C)c1. The molecule has 3 nitrogen and oxygen atoms in total. The van der Waals surface area contributed by atoms with E-state index in [1.807, 2.05) is 27.0 Å². The summed E-state index contributed by atoms with van der Waals surface area (Å²) in [5.74, 6) is 0.485. The van der Waals surface area contributed by atoms with Gasteiger partial charge in [-0.1, -0.05) is 6.07 Å². The Morgan fingerprint density at radius 2 is 2.10 bits per heavy atom. The molecule has 0 fully saturated rings.